The number of pyridine rings is 1. The van der Waals surface area contributed by atoms with Crippen LogP contribution in [0.5, 0.6) is 0 Å². The van der Waals surface area contributed by atoms with E-state index in [1.54, 1.807) is 11.9 Å². The van der Waals surface area contributed by atoms with Crippen molar-refractivity contribution in [3.63, 3.8) is 0 Å². The molecule has 5 heteroatoms. The maximum Gasteiger partial charge on any atom is 0.321 e. The van der Waals surface area contributed by atoms with Gasteiger partial charge in [-0.2, -0.15) is 0 Å². The van der Waals surface area contributed by atoms with Crippen molar-refractivity contribution in [2.45, 2.75) is 58.7 Å². The lowest BCUT2D eigenvalue weighted by Crippen LogP contribution is -2.36. The second-order valence-electron chi connectivity index (χ2n) is 7.81. The average Bonchev–Trinajstić information content (AvgIpc) is 2.70. The van der Waals surface area contributed by atoms with Crippen LogP contribution < -0.4 is 5.32 Å². The molecule has 1 aliphatic heterocycles. The molecule has 2 aromatic rings. The third-order valence-electron chi connectivity index (χ3n) is 5.54. The number of nitrogens with one attached hydrogen (secondary N) is 1. The number of hydrogen-bond acceptors (Lipinski definition) is 3. The summed E-state index contributed by atoms with van der Waals surface area (Å²) in [6.07, 6.45) is 6.73. The van der Waals surface area contributed by atoms with Crippen molar-refractivity contribution in [3.05, 3.63) is 59.4 Å². The minimum Gasteiger partial charge on any atom is -0.322 e. The van der Waals surface area contributed by atoms with Crippen molar-refractivity contribution < 1.29 is 4.79 Å². The molecule has 2 amide bonds. The average molecular weight is 381 g/mol. The van der Waals surface area contributed by atoms with Gasteiger partial charge in [0.2, 0.25) is 0 Å². The van der Waals surface area contributed by atoms with Gasteiger partial charge in [0.1, 0.15) is 0 Å². The number of hydrogen-bond donors (Lipinski definition) is 1. The first-order valence-corrected chi connectivity index (χ1v) is 10.3. The summed E-state index contributed by atoms with van der Waals surface area (Å²) in [6.45, 7) is 7.00. The SMILES string of the molecule is CCc1ccc(CN(C)C(=O)Nc2cccc(CN3CCCCC3C)c2)nc1. The Balaban J connectivity index is 1.56. The summed E-state index contributed by atoms with van der Waals surface area (Å²) in [4.78, 5) is 21.2. The molecule has 1 N–H and O–H groups in total. The molecule has 1 aliphatic rings. The van der Waals surface area contributed by atoms with Gasteiger partial charge in [0.15, 0.2) is 0 Å². The van der Waals surface area contributed by atoms with Crippen molar-refractivity contribution >= 4 is 11.7 Å². The lowest BCUT2D eigenvalue weighted by atomic mass is 10.0. The highest BCUT2D eigenvalue weighted by atomic mass is 16.2. The second kappa shape index (κ2) is 9.69. The van der Waals surface area contributed by atoms with Crippen LogP contribution in [0.1, 0.15) is 49.9 Å². The monoisotopic (exact) mass is 380 g/mol. The normalized spacial score (nSPS) is 17.3. The van der Waals surface area contributed by atoms with Gasteiger partial charge in [0, 0.05) is 31.5 Å². The Morgan fingerprint density at radius 3 is 2.82 bits per heavy atom. The third-order valence-corrected chi connectivity index (χ3v) is 5.54. The minimum atomic E-state index is -0.121. The summed E-state index contributed by atoms with van der Waals surface area (Å²) in [7, 11) is 1.80. The van der Waals surface area contributed by atoms with Crippen LogP contribution in [-0.2, 0) is 19.5 Å². The molecule has 28 heavy (non-hydrogen) atoms. The van der Waals surface area contributed by atoms with E-state index in [-0.39, 0.29) is 6.03 Å². The molecule has 0 saturated carbocycles. The van der Waals surface area contributed by atoms with Crippen molar-refractivity contribution in [1.29, 1.82) is 0 Å². The Labute approximate surface area is 168 Å². The summed E-state index contributed by atoms with van der Waals surface area (Å²) in [5, 5.41) is 3.01. The number of rotatable bonds is 6. The molecular weight excluding hydrogens is 348 g/mol. The Morgan fingerprint density at radius 2 is 2.11 bits per heavy atom. The van der Waals surface area contributed by atoms with Gasteiger partial charge in [-0.3, -0.25) is 9.88 Å². The third kappa shape index (κ3) is 5.55. The predicted molar refractivity (Wildman–Crippen MR) is 114 cm³/mol. The van der Waals surface area contributed by atoms with E-state index in [0.29, 0.717) is 12.6 Å². The van der Waals surface area contributed by atoms with Gasteiger partial charge in [0.05, 0.1) is 12.2 Å². The van der Waals surface area contributed by atoms with E-state index < -0.39 is 0 Å². The molecule has 0 spiro atoms. The highest BCUT2D eigenvalue weighted by Crippen LogP contribution is 2.20. The fraction of sp³-hybridized carbons (Fsp3) is 0.478. The number of carbonyl (C=O) groups excluding carboxylic acids is 1. The van der Waals surface area contributed by atoms with Gasteiger partial charge < -0.3 is 10.2 Å². The Bertz CT molecular complexity index is 774. The summed E-state index contributed by atoms with van der Waals surface area (Å²) in [5.41, 5.74) is 4.18. The van der Waals surface area contributed by atoms with Gasteiger partial charge in [-0.1, -0.05) is 31.5 Å². The van der Waals surface area contributed by atoms with E-state index in [9.17, 15) is 4.79 Å². The van der Waals surface area contributed by atoms with Gasteiger partial charge in [-0.05, 0) is 62.1 Å². The van der Waals surface area contributed by atoms with E-state index >= 15 is 0 Å². The number of piperidine rings is 1. The molecule has 1 aromatic carbocycles. The topological polar surface area (TPSA) is 48.5 Å². The van der Waals surface area contributed by atoms with Crippen LogP contribution in [0.15, 0.2) is 42.6 Å². The number of urea groups is 1. The van der Waals surface area contributed by atoms with Crippen molar-refractivity contribution in [1.82, 2.24) is 14.8 Å². The Morgan fingerprint density at radius 1 is 1.25 bits per heavy atom. The number of aryl methyl sites for hydroxylation is 1. The van der Waals surface area contributed by atoms with Crippen molar-refractivity contribution in [2.24, 2.45) is 0 Å². The van der Waals surface area contributed by atoms with E-state index in [1.165, 1.54) is 30.4 Å². The minimum absolute atomic E-state index is 0.121. The molecule has 3 rings (SSSR count). The Kier molecular flexibility index (Phi) is 7.04. The molecule has 1 saturated heterocycles. The number of aromatic nitrogens is 1. The van der Waals surface area contributed by atoms with Crippen LogP contribution in [0.2, 0.25) is 0 Å². The van der Waals surface area contributed by atoms with E-state index in [4.69, 9.17) is 0 Å². The summed E-state index contributed by atoms with van der Waals surface area (Å²) in [5.74, 6) is 0. The number of nitrogens with zero attached hydrogens (tertiary/aromatic N) is 3. The Hall–Kier alpha value is -2.40. The zero-order valence-electron chi connectivity index (χ0n) is 17.3. The van der Waals surface area contributed by atoms with Crippen molar-refractivity contribution in [3.8, 4) is 0 Å². The zero-order valence-corrected chi connectivity index (χ0v) is 17.3. The summed E-state index contributed by atoms with van der Waals surface area (Å²) in [6, 6.07) is 12.8. The molecule has 1 fully saturated rings. The first-order valence-electron chi connectivity index (χ1n) is 10.3. The smallest absolute Gasteiger partial charge is 0.321 e. The molecular formula is C23H32N4O. The maximum atomic E-state index is 12.6. The quantitative estimate of drug-likeness (QED) is 0.791. The molecule has 2 heterocycles. The predicted octanol–water partition coefficient (Wildman–Crippen LogP) is 4.68. The number of amides is 2. The van der Waals surface area contributed by atoms with E-state index in [1.807, 2.05) is 24.4 Å². The second-order valence-corrected chi connectivity index (χ2v) is 7.81. The van der Waals surface area contributed by atoms with Crippen LogP contribution in [0.4, 0.5) is 10.5 Å². The number of likely N-dealkylation sites (tertiary alicyclic amines) is 1. The van der Waals surface area contributed by atoms with E-state index in [2.05, 4.69) is 47.2 Å². The first-order chi connectivity index (χ1) is 13.5. The molecule has 1 aromatic heterocycles. The first kappa shape index (κ1) is 20.3. The molecule has 1 unspecified atom stereocenters. The van der Waals surface area contributed by atoms with Gasteiger partial charge in [0.25, 0.3) is 0 Å². The molecule has 1 atom stereocenters. The highest BCUT2D eigenvalue weighted by Gasteiger charge is 2.18. The molecule has 150 valence electrons. The van der Waals surface area contributed by atoms with Crippen LogP contribution in [0.25, 0.3) is 0 Å². The fourth-order valence-corrected chi connectivity index (χ4v) is 3.67. The highest BCUT2D eigenvalue weighted by molar-refractivity contribution is 5.89. The number of anilines is 1. The molecule has 0 bridgehead atoms. The lowest BCUT2D eigenvalue weighted by molar-refractivity contribution is 0.152. The summed E-state index contributed by atoms with van der Waals surface area (Å²) >= 11 is 0. The molecule has 0 aliphatic carbocycles. The maximum absolute atomic E-state index is 12.6. The standard InChI is InChI=1S/C23H32N4O/c1-4-19-11-12-22(24-15-19)17-26(3)23(28)25-21-10-7-9-20(14-21)16-27-13-6-5-8-18(27)2/h7,9-12,14-15,18H,4-6,8,13,16-17H2,1-3H3,(H,25,28). The van der Waals surface area contributed by atoms with Gasteiger partial charge in [-0.25, -0.2) is 4.79 Å². The summed E-state index contributed by atoms with van der Waals surface area (Å²) < 4.78 is 0. The van der Waals surface area contributed by atoms with Gasteiger partial charge in [-0.15, -0.1) is 0 Å². The lowest BCUT2D eigenvalue weighted by Gasteiger charge is -2.33. The largest absolute Gasteiger partial charge is 0.322 e. The number of benzene rings is 1. The molecule has 5 nitrogen and oxygen atoms in total. The van der Waals surface area contributed by atoms with E-state index in [0.717, 1.165) is 30.9 Å². The van der Waals surface area contributed by atoms with Crippen LogP contribution in [0.3, 0.4) is 0 Å². The zero-order chi connectivity index (χ0) is 19.9. The van der Waals surface area contributed by atoms with Crippen LogP contribution in [0, 0.1) is 0 Å². The van der Waals surface area contributed by atoms with Crippen LogP contribution in [-0.4, -0.2) is 40.4 Å². The fourth-order valence-electron chi connectivity index (χ4n) is 3.67. The van der Waals surface area contributed by atoms with Crippen LogP contribution >= 0.6 is 0 Å². The van der Waals surface area contributed by atoms with Gasteiger partial charge >= 0.3 is 6.03 Å². The number of carbonyl (C=O) groups is 1. The van der Waals surface area contributed by atoms with Crippen molar-refractivity contribution in [2.75, 3.05) is 18.9 Å². The molecule has 0 radical (unpaired) electrons.